The van der Waals surface area contributed by atoms with E-state index in [1.54, 1.807) is 6.07 Å². The third-order valence-corrected chi connectivity index (χ3v) is 3.70. The molecule has 1 atom stereocenters. The Kier molecular flexibility index (Phi) is 6.28. The zero-order chi connectivity index (χ0) is 14.4. The van der Waals surface area contributed by atoms with Crippen LogP contribution in [0.15, 0.2) is 18.2 Å². The fraction of sp³-hybridized carbons (Fsp3) is 0.571. The quantitative estimate of drug-likeness (QED) is 0.424. The average Bonchev–Trinajstić information content (AvgIpc) is 2.35. The number of rotatable bonds is 7. The molecule has 0 aliphatic carbocycles. The summed E-state index contributed by atoms with van der Waals surface area (Å²) in [6.45, 7) is 4.37. The van der Waals surface area contributed by atoms with Crippen molar-refractivity contribution in [3.8, 4) is 5.75 Å². The van der Waals surface area contributed by atoms with Crippen LogP contribution >= 0.6 is 15.9 Å². The highest BCUT2D eigenvalue weighted by molar-refractivity contribution is 9.09. The van der Waals surface area contributed by atoms with Crippen LogP contribution in [-0.2, 0) is 6.42 Å². The number of benzene rings is 1. The van der Waals surface area contributed by atoms with Gasteiger partial charge in [-0.25, -0.2) is 0 Å². The number of non-ortho nitro benzene ring substituents is 1. The summed E-state index contributed by atoms with van der Waals surface area (Å²) in [7, 11) is 1.52. The monoisotopic (exact) mass is 329 g/mol. The van der Waals surface area contributed by atoms with Crippen molar-refractivity contribution in [1.29, 1.82) is 0 Å². The molecule has 0 saturated heterocycles. The van der Waals surface area contributed by atoms with Crippen LogP contribution in [0.3, 0.4) is 0 Å². The van der Waals surface area contributed by atoms with Gasteiger partial charge < -0.3 is 4.74 Å². The highest BCUT2D eigenvalue weighted by atomic mass is 79.9. The lowest BCUT2D eigenvalue weighted by atomic mass is 10.0. The maximum atomic E-state index is 10.8. The van der Waals surface area contributed by atoms with Crippen LogP contribution in [0, 0.1) is 16.0 Å². The Hall–Kier alpha value is -1.10. The zero-order valence-corrected chi connectivity index (χ0v) is 13.1. The molecule has 0 fully saturated rings. The SMILES string of the molecule is COc1cc(CCC(Br)CC(C)C)cc([N+](=O)[O-])c1. The Morgan fingerprint density at radius 1 is 1.37 bits per heavy atom. The van der Waals surface area contributed by atoms with Crippen LogP contribution in [0.5, 0.6) is 5.75 Å². The van der Waals surface area contributed by atoms with Gasteiger partial charge in [0.05, 0.1) is 18.1 Å². The molecule has 1 aromatic rings. The van der Waals surface area contributed by atoms with Gasteiger partial charge in [-0.1, -0.05) is 29.8 Å². The first-order valence-electron chi connectivity index (χ1n) is 6.38. The molecular weight excluding hydrogens is 310 g/mol. The van der Waals surface area contributed by atoms with Gasteiger partial charge in [-0.3, -0.25) is 10.1 Å². The van der Waals surface area contributed by atoms with E-state index >= 15 is 0 Å². The largest absolute Gasteiger partial charge is 0.496 e. The number of alkyl halides is 1. The summed E-state index contributed by atoms with van der Waals surface area (Å²) in [6.07, 6.45) is 2.87. The first kappa shape index (κ1) is 16.0. The number of halogens is 1. The molecule has 1 aromatic carbocycles. The molecule has 0 radical (unpaired) electrons. The minimum absolute atomic E-state index is 0.0873. The maximum absolute atomic E-state index is 10.8. The van der Waals surface area contributed by atoms with Crippen molar-refractivity contribution in [2.75, 3.05) is 7.11 Å². The fourth-order valence-electron chi connectivity index (χ4n) is 1.96. The second kappa shape index (κ2) is 7.48. The molecule has 5 heteroatoms. The van der Waals surface area contributed by atoms with Gasteiger partial charge in [-0.05, 0) is 36.8 Å². The van der Waals surface area contributed by atoms with E-state index in [2.05, 4.69) is 29.8 Å². The molecule has 0 saturated carbocycles. The highest BCUT2D eigenvalue weighted by Gasteiger charge is 2.12. The first-order valence-corrected chi connectivity index (χ1v) is 7.30. The molecule has 0 aromatic heterocycles. The number of hydrogen-bond donors (Lipinski definition) is 0. The van der Waals surface area contributed by atoms with E-state index in [9.17, 15) is 10.1 Å². The van der Waals surface area contributed by atoms with E-state index in [1.807, 2.05) is 6.07 Å². The first-order chi connectivity index (χ1) is 8.92. The van der Waals surface area contributed by atoms with E-state index < -0.39 is 0 Å². The summed E-state index contributed by atoms with van der Waals surface area (Å²) >= 11 is 3.65. The van der Waals surface area contributed by atoms with Crippen LogP contribution in [0.25, 0.3) is 0 Å². The number of nitrogens with zero attached hydrogens (tertiary/aromatic N) is 1. The van der Waals surface area contributed by atoms with Crippen LogP contribution in [0.2, 0.25) is 0 Å². The van der Waals surface area contributed by atoms with Crippen molar-refractivity contribution in [1.82, 2.24) is 0 Å². The molecule has 0 spiro atoms. The molecule has 106 valence electrons. The van der Waals surface area contributed by atoms with Crippen molar-refractivity contribution in [2.45, 2.75) is 37.9 Å². The maximum Gasteiger partial charge on any atom is 0.273 e. The molecule has 4 nitrogen and oxygen atoms in total. The van der Waals surface area contributed by atoms with Crippen LogP contribution in [0.1, 0.15) is 32.3 Å². The molecule has 0 aliphatic rings. The predicted molar refractivity (Wildman–Crippen MR) is 80.1 cm³/mol. The Morgan fingerprint density at radius 3 is 2.58 bits per heavy atom. The molecule has 0 amide bonds. The van der Waals surface area contributed by atoms with Gasteiger partial charge in [0.25, 0.3) is 5.69 Å². The molecule has 0 heterocycles. The molecule has 0 bridgehead atoms. The zero-order valence-electron chi connectivity index (χ0n) is 11.6. The smallest absolute Gasteiger partial charge is 0.273 e. The molecule has 0 N–H and O–H groups in total. The van der Waals surface area contributed by atoms with Crippen molar-refractivity contribution in [3.63, 3.8) is 0 Å². The number of ether oxygens (including phenoxy) is 1. The van der Waals surface area contributed by atoms with E-state index in [0.29, 0.717) is 16.5 Å². The van der Waals surface area contributed by atoms with Gasteiger partial charge in [0.2, 0.25) is 0 Å². The summed E-state index contributed by atoms with van der Waals surface area (Å²) in [4.78, 5) is 10.9. The fourth-order valence-corrected chi connectivity index (χ4v) is 2.94. The van der Waals surface area contributed by atoms with Gasteiger partial charge in [-0.2, -0.15) is 0 Å². The van der Waals surface area contributed by atoms with E-state index in [4.69, 9.17) is 4.74 Å². The third-order valence-electron chi connectivity index (χ3n) is 2.87. The number of hydrogen-bond acceptors (Lipinski definition) is 3. The van der Waals surface area contributed by atoms with E-state index in [-0.39, 0.29) is 10.6 Å². The second-order valence-corrected chi connectivity index (χ2v) is 6.36. The molecular formula is C14H20BrNO3. The average molecular weight is 330 g/mol. The molecule has 1 unspecified atom stereocenters. The lowest BCUT2D eigenvalue weighted by Crippen LogP contribution is -2.04. The number of nitro benzene ring substituents is 1. The third kappa shape index (κ3) is 5.59. The lowest BCUT2D eigenvalue weighted by molar-refractivity contribution is -0.385. The summed E-state index contributed by atoms with van der Waals surface area (Å²) < 4.78 is 5.10. The van der Waals surface area contributed by atoms with E-state index in [1.165, 1.54) is 13.2 Å². The van der Waals surface area contributed by atoms with Crippen LogP contribution < -0.4 is 4.74 Å². The Bertz CT molecular complexity index is 435. The van der Waals surface area contributed by atoms with E-state index in [0.717, 1.165) is 24.8 Å². The van der Waals surface area contributed by atoms with Gasteiger partial charge in [0.1, 0.15) is 5.75 Å². The van der Waals surface area contributed by atoms with Crippen LogP contribution in [-0.4, -0.2) is 16.9 Å². The van der Waals surface area contributed by atoms with Gasteiger partial charge >= 0.3 is 0 Å². The number of methoxy groups -OCH3 is 1. The second-order valence-electron chi connectivity index (χ2n) is 5.06. The molecule has 19 heavy (non-hydrogen) atoms. The Balaban J connectivity index is 2.72. The van der Waals surface area contributed by atoms with Gasteiger partial charge in [-0.15, -0.1) is 0 Å². The van der Waals surface area contributed by atoms with Crippen molar-refractivity contribution < 1.29 is 9.66 Å². The van der Waals surface area contributed by atoms with Crippen molar-refractivity contribution in [2.24, 2.45) is 5.92 Å². The normalized spacial score (nSPS) is 12.5. The minimum atomic E-state index is -0.383. The molecule has 0 aliphatic heterocycles. The summed E-state index contributed by atoms with van der Waals surface area (Å²) in [5.74, 6) is 1.18. The van der Waals surface area contributed by atoms with Crippen LogP contribution in [0.4, 0.5) is 5.69 Å². The minimum Gasteiger partial charge on any atom is -0.496 e. The van der Waals surface area contributed by atoms with Gasteiger partial charge in [0.15, 0.2) is 0 Å². The highest BCUT2D eigenvalue weighted by Crippen LogP contribution is 2.25. The summed E-state index contributed by atoms with van der Waals surface area (Å²) in [5.41, 5.74) is 1.03. The Morgan fingerprint density at radius 2 is 2.05 bits per heavy atom. The molecule has 1 rings (SSSR count). The summed E-state index contributed by atoms with van der Waals surface area (Å²) in [5, 5.41) is 10.8. The number of nitro groups is 1. The van der Waals surface area contributed by atoms with Gasteiger partial charge in [0, 0.05) is 10.9 Å². The topological polar surface area (TPSA) is 52.4 Å². The standard InChI is InChI=1S/C14H20BrNO3/c1-10(2)6-12(15)5-4-11-7-13(16(17)18)9-14(8-11)19-3/h7-10,12H,4-6H2,1-3H3. The predicted octanol–water partition coefficient (Wildman–Crippen LogP) is 4.35. The van der Waals surface area contributed by atoms with Crippen molar-refractivity contribution >= 4 is 21.6 Å². The number of aryl methyl sites for hydroxylation is 1. The summed E-state index contributed by atoms with van der Waals surface area (Å²) in [6, 6.07) is 4.93. The Labute approximate surface area is 122 Å². The van der Waals surface area contributed by atoms with Crippen molar-refractivity contribution in [3.05, 3.63) is 33.9 Å². The lowest BCUT2D eigenvalue weighted by Gasteiger charge is -2.12.